The standard InChI is InChI=1S/C36H39N5O5/c1-24-32(22-40-16-18-41(19-17-40)36-37-14-5-15-38-36)45-35(46-33(24)27-12-10-26(23-42)11-13-27)30-8-3-7-29(20-30)34(44)39-31-9-4-6-28(21-31)25(2)43/h3-15,20-21,24,32-33,35,42H,16-19,22-23H2,1-2H3,(H,39,44). The Morgan fingerprint density at radius 3 is 2.30 bits per heavy atom. The number of carbonyl (C=O) groups excluding carboxylic acids is 2. The van der Waals surface area contributed by atoms with Gasteiger partial charge in [-0.1, -0.05) is 55.5 Å². The lowest BCUT2D eigenvalue weighted by Gasteiger charge is -2.44. The number of benzene rings is 3. The third-order valence-corrected chi connectivity index (χ3v) is 8.72. The van der Waals surface area contributed by atoms with Gasteiger partial charge in [0.2, 0.25) is 5.95 Å². The molecule has 1 amide bonds. The number of nitrogens with one attached hydrogen (secondary N) is 1. The highest BCUT2D eigenvalue weighted by Crippen LogP contribution is 2.42. The number of Topliss-reactive ketones (excluding diaryl/α,β-unsaturated/α-hetero) is 1. The highest BCUT2D eigenvalue weighted by atomic mass is 16.7. The molecule has 0 saturated carbocycles. The lowest BCUT2D eigenvalue weighted by molar-refractivity contribution is -0.276. The van der Waals surface area contributed by atoms with Crippen LogP contribution in [0.4, 0.5) is 11.6 Å². The van der Waals surface area contributed by atoms with Gasteiger partial charge in [-0.05, 0) is 48.4 Å². The predicted molar refractivity (Wildman–Crippen MR) is 174 cm³/mol. The number of aromatic nitrogens is 2. The Bertz CT molecular complexity index is 1640. The summed E-state index contributed by atoms with van der Waals surface area (Å²) in [7, 11) is 0. The summed E-state index contributed by atoms with van der Waals surface area (Å²) < 4.78 is 13.3. The molecule has 0 radical (unpaired) electrons. The number of nitrogens with zero attached hydrogens (tertiary/aromatic N) is 4. The van der Waals surface area contributed by atoms with Crippen molar-refractivity contribution in [1.82, 2.24) is 14.9 Å². The van der Waals surface area contributed by atoms with Crippen molar-refractivity contribution in [2.75, 3.05) is 42.9 Å². The first kappa shape index (κ1) is 31.5. The van der Waals surface area contributed by atoms with Gasteiger partial charge in [0, 0.05) is 73.4 Å². The van der Waals surface area contributed by atoms with Crippen LogP contribution in [0.3, 0.4) is 0 Å². The number of carbonyl (C=O) groups is 2. The summed E-state index contributed by atoms with van der Waals surface area (Å²) in [6.45, 7) is 7.70. The minimum absolute atomic E-state index is 0.0242. The molecule has 2 saturated heterocycles. The van der Waals surface area contributed by atoms with Gasteiger partial charge >= 0.3 is 0 Å². The van der Waals surface area contributed by atoms with Crippen LogP contribution in [0.25, 0.3) is 0 Å². The van der Waals surface area contributed by atoms with Crippen molar-refractivity contribution >= 4 is 23.3 Å². The zero-order chi connectivity index (χ0) is 32.0. The molecule has 0 aliphatic carbocycles. The second kappa shape index (κ2) is 14.3. The summed E-state index contributed by atoms with van der Waals surface area (Å²) in [5, 5.41) is 12.5. The van der Waals surface area contributed by atoms with Gasteiger partial charge in [0.05, 0.1) is 18.8 Å². The monoisotopic (exact) mass is 621 g/mol. The fourth-order valence-corrected chi connectivity index (χ4v) is 6.01. The van der Waals surface area contributed by atoms with Crippen LogP contribution in [-0.4, -0.2) is 70.5 Å². The molecule has 10 nitrogen and oxygen atoms in total. The van der Waals surface area contributed by atoms with E-state index in [0.717, 1.165) is 55.4 Å². The van der Waals surface area contributed by atoms with Gasteiger partial charge in [0.25, 0.3) is 5.91 Å². The first-order chi connectivity index (χ1) is 22.4. The number of hydrogen-bond donors (Lipinski definition) is 2. The molecule has 2 aliphatic rings. The molecule has 3 aromatic carbocycles. The van der Waals surface area contributed by atoms with E-state index in [2.05, 4.69) is 32.0 Å². The van der Waals surface area contributed by atoms with E-state index >= 15 is 0 Å². The average molecular weight is 622 g/mol. The number of anilines is 2. The second-order valence-electron chi connectivity index (χ2n) is 11.9. The summed E-state index contributed by atoms with van der Waals surface area (Å²) in [4.78, 5) is 38.5. The van der Waals surface area contributed by atoms with Crippen LogP contribution in [-0.2, 0) is 16.1 Å². The summed E-state index contributed by atoms with van der Waals surface area (Å²) in [6, 6.07) is 23.8. The van der Waals surface area contributed by atoms with Gasteiger partial charge in [0.1, 0.15) is 0 Å². The SMILES string of the molecule is CC(=O)c1cccc(NC(=O)c2cccc(C3OC(CN4CCN(c5ncccn5)CC4)C(C)C(c4ccc(CO)cc4)O3)c2)c1. The zero-order valence-electron chi connectivity index (χ0n) is 26.1. The Labute approximate surface area is 269 Å². The molecule has 4 atom stereocenters. The normalized spacial score (nSPS) is 21.9. The molecular weight excluding hydrogens is 582 g/mol. The number of rotatable bonds is 9. The van der Waals surface area contributed by atoms with E-state index in [1.54, 1.807) is 48.8 Å². The zero-order valence-corrected chi connectivity index (χ0v) is 26.1. The third-order valence-electron chi connectivity index (χ3n) is 8.72. The maximum absolute atomic E-state index is 13.3. The number of amides is 1. The van der Waals surface area contributed by atoms with Crippen LogP contribution in [0, 0.1) is 5.92 Å². The van der Waals surface area contributed by atoms with Gasteiger partial charge in [0.15, 0.2) is 12.1 Å². The Hall–Kier alpha value is -4.48. The molecule has 2 N–H and O–H groups in total. The summed E-state index contributed by atoms with van der Waals surface area (Å²) >= 11 is 0. The molecule has 46 heavy (non-hydrogen) atoms. The number of aliphatic hydroxyl groups is 1. The Morgan fingerprint density at radius 1 is 0.870 bits per heavy atom. The Balaban J connectivity index is 1.20. The highest BCUT2D eigenvalue weighted by molar-refractivity contribution is 6.05. The lowest BCUT2D eigenvalue weighted by Crippen LogP contribution is -2.51. The van der Waals surface area contributed by atoms with Crippen LogP contribution in [0.1, 0.15) is 63.6 Å². The quantitative estimate of drug-likeness (QED) is 0.248. The molecule has 4 unspecified atom stereocenters. The fraction of sp³-hybridized carbons (Fsp3) is 0.333. The van der Waals surface area contributed by atoms with E-state index in [-0.39, 0.29) is 36.4 Å². The molecule has 1 aromatic heterocycles. The van der Waals surface area contributed by atoms with E-state index in [9.17, 15) is 14.7 Å². The molecule has 0 bridgehead atoms. The largest absolute Gasteiger partial charge is 0.392 e. The van der Waals surface area contributed by atoms with Crippen LogP contribution in [0.2, 0.25) is 0 Å². The summed E-state index contributed by atoms with van der Waals surface area (Å²) in [5.41, 5.74) is 4.12. The molecule has 4 aromatic rings. The van der Waals surface area contributed by atoms with Gasteiger partial charge in [-0.2, -0.15) is 0 Å². The van der Waals surface area contributed by atoms with Gasteiger partial charge < -0.3 is 24.8 Å². The van der Waals surface area contributed by atoms with Gasteiger partial charge in [-0.3, -0.25) is 14.5 Å². The Morgan fingerprint density at radius 2 is 1.59 bits per heavy atom. The summed E-state index contributed by atoms with van der Waals surface area (Å²) in [5.74, 6) is 0.423. The smallest absolute Gasteiger partial charge is 0.255 e. The molecule has 6 rings (SSSR count). The number of hydrogen-bond acceptors (Lipinski definition) is 9. The van der Waals surface area contributed by atoms with Gasteiger partial charge in [-0.25, -0.2) is 9.97 Å². The van der Waals surface area contributed by atoms with E-state index in [0.29, 0.717) is 16.8 Å². The second-order valence-corrected chi connectivity index (χ2v) is 11.9. The van der Waals surface area contributed by atoms with Crippen LogP contribution in [0.5, 0.6) is 0 Å². The van der Waals surface area contributed by atoms with Gasteiger partial charge in [-0.15, -0.1) is 0 Å². The van der Waals surface area contributed by atoms with Crippen LogP contribution in [0.15, 0.2) is 91.3 Å². The molecular formula is C36H39N5O5. The predicted octanol–water partition coefficient (Wildman–Crippen LogP) is 5.04. The molecule has 0 spiro atoms. The van der Waals surface area contributed by atoms with Crippen molar-refractivity contribution in [3.8, 4) is 0 Å². The summed E-state index contributed by atoms with van der Waals surface area (Å²) in [6.07, 6.45) is 2.43. The Kier molecular flexibility index (Phi) is 9.79. The maximum Gasteiger partial charge on any atom is 0.255 e. The molecule has 3 heterocycles. The maximum atomic E-state index is 13.3. The minimum Gasteiger partial charge on any atom is -0.392 e. The number of ketones is 1. The number of piperazine rings is 1. The molecule has 10 heteroatoms. The van der Waals surface area contributed by atoms with Crippen molar-refractivity contribution in [3.05, 3.63) is 119 Å². The molecule has 2 aliphatic heterocycles. The fourth-order valence-electron chi connectivity index (χ4n) is 6.01. The van der Waals surface area contributed by atoms with Crippen LogP contribution < -0.4 is 10.2 Å². The van der Waals surface area contributed by atoms with E-state index < -0.39 is 6.29 Å². The topological polar surface area (TPSA) is 117 Å². The minimum atomic E-state index is -0.698. The number of aliphatic hydroxyl groups excluding tert-OH is 1. The van der Waals surface area contributed by atoms with Crippen LogP contribution >= 0.6 is 0 Å². The molecule has 2 fully saturated rings. The van der Waals surface area contributed by atoms with Crippen molar-refractivity contribution < 1.29 is 24.2 Å². The first-order valence-electron chi connectivity index (χ1n) is 15.6. The number of ether oxygens (including phenoxy) is 2. The highest BCUT2D eigenvalue weighted by Gasteiger charge is 2.39. The van der Waals surface area contributed by atoms with Crippen molar-refractivity contribution in [2.24, 2.45) is 5.92 Å². The van der Waals surface area contributed by atoms with E-state index in [1.807, 2.05) is 42.5 Å². The van der Waals surface area contributed by atoms with E-state index in [4.69, 9.17) is 9.47 Å². The molecule has 238 valence electrons. The van der Waals surface area contributed by atoms with Crippen molar-refractivity contribution in [3.63, 3.8) is 0 Å². The lowest BCUT2D eigenvalue weighted by atomic mass is 9.90. The van der Waals surface area contributed by atoms with Crippen molar-refractivity contribution in [1.29, 1.82) is 0 Å². The van der Waals surface area contributed by atoms with E-state index in [1.165, 1.54) is 6.92 Å². The van der Waals surface area contributed by atoms with Crippen molar-refractivity contribution in [2.45, 2.75) is 39.0 Å². The third kappa shape index (κ3) is 7.32. The first-order valence-corrected chi connectivity index (χ1v) is 15.6. The average Bonchev–Trinajstić information content (AvgIpc) is 3.10.